The molecule has 0 radical (unpaired) electrons. The molecule has 3 rings (SSSR count). The molecule has 2 aromatic rings. The van der Waals surface area contributed by atoms with Crippen LogP contribution in [-0.2, 0) is 16.3 Å². The molecule has 0 saturated carbocycles. The van der Waals surface area contributed by atoms with Crippen molar-refractivity contribution in [3.8, 4) is 11.5 Å². The molecule has 0 unspecified atom stereocenters. The van der Waals surface area contributed by atoms with Gasteiger partial charge in [-0.3, -0.25) is 0 Å². The van der Waals surface area contributed by atoms with Gasteiger partial charge in [0.2, 0.25) is 0 Å². The van der Waals surface area contributed by atoms with E-state index in [2.05, 4.69) is 4.90 Å². The van der Waals surface area contributed by atoms with Gasteiger partial charge in [-0.05, 0) is 62.2 Å². The minimum absolute atomic E-state index is 0.223. The first-order valence-electron chi connectivity index (χ1n) is 9.37. The van der Waals surface area contributed by atoms with Crippen LogP contribution in [0.1, 0.15) is 18.4 Å². The quantitative estimate of drug-likeness (QED) is 0.705. The number of likely N-dealkylation sites (tertiary alicyclic amines) is 1. The molecule has 0 aromatic heterocycles. The fourth-order valence-corrected chi connectivity index (χ4v) is 5.44. The Morgan fingerprint density at radius 1 is 1.04 bits per heavy atom. The molecule has 1 heterocycles. The van der Waals surface area contributed by atoms with Crippen LogP contribution in [0.15, 0.2) is 47.4 Å². The molecular weight excluding hydrogens is 381 g/mol. The number of halogens is 1. The number of sulfone groups is 1. The summed E-state index contributed by atoms with van der Waals surface area (Å²) in [6, 6.07) is 11.3. The Morgan fingerprint density at radius 2 is 1.71 bits per heavy atom. The number of benzene rings is 2. The summed E-state index contributed by atoms with van der Waals surface area (Å²) in [5.74, 6) is 0.647. The fraction of sp³-hybridized carbons (Fsp3) is 0.429. The normalized spacial score (nSPS) is 16.1. The predicted octanol–water partition coefficient (Wildman–Crippen LogP) is 3.32. The first-order chi connectivity index (χ1) is 13.4. The second-order valence-corrected chi connectivity index (χ2v) is 9.18. The lowest BCUT2D eigenvalue weighted by atomic mass is 10.1. The number of piperidine rings is 1. The first-order valence-corrected chi connectivity index (χ1v) is 10.9. The molecule has 0 N–H and O–H groups in total. The average molecular weight is 408 g/mol. The van der Waals surface area contributed by atoms with E-state index < -0.39 is 15.1 Å². The third-order valence-electron chi connectivity index (χ3n) is 5.28. The number of hydrogen-bond acceptors (Lipinski definition) is 5. The molecule has 1 aliphatic rings. The van der Waals surface area contributed by atoms with Gasteiger partial charge in [0.15, 0.2) is 9.84 Å². The van der Waals surface area contributed by atoms with Crippen molar-refractivity contribution in [2.75, 3.05) is 33.9 Å². The van der Waals surface area contributed by atoms with Gasteiger partial charge in [0.25, 0.3) is 0 Å². The molecule has 5 nitrogen and oxygen atoms in total. The molecule has 0 amide bonds. The second kappa shape index (κ2) is 8.92. The van der Waals surface area contributed by atoms with Gasteiger partial charge >= 0.3 is 0 Å². The summed E-state index contributed by atoms with van der Waals surface area (Å²) in [6.45, 7) is 2.29. The van der Waals surface area contributed by atoms with Crippen molar-refractivity contribution in [2.45, 2.75) is 29.4 Å². The van der Waals surface area contributed by atoms with Crippen molar-refractivity contribution in [3.63, 3.8) is 0 Å². The van der Waals surface area contributed by atoms with Crippen molar-refractivity contribution in [1.82, 2.24) is 4.90 Å². The number of rotatable bonds is 7. The van der Waals surface area contributed by atoms with E-state index >= 15 is 0 Å². The van der Waals surface area contributed by atoms with E-state index in [4.69, 9.17) is 9.47 Å². The highest BCUT2D eigenvalue weighted by Crippen LogP contribution is 2.33. The lowest BCUT2D eigenvalue weighted by molar-refractivity contribution is 0.232. The van der Waals surface area contributed by atoms with E-state index in [1.54, 1.807) is 30.3 Å². The third-order valence-corrected chi connectivity index (χ3v) is 7.58. The van der Waals surface area contributed by atoms with Gasteiger partial charge in [-0.15, -0.1) is 0 Å². The Kier molecular flexibility index (Phi) is 6.57. The van der Waals surface area contributed by atoms with Gasteiger partial charge in [0, 0.05) is 12.6 Å². The predicted molar refractivity (Wildman–Crippen MR) is 106 cm³/mol. The highest BCUT2D eigenvalue weighted by molar-refractivity contribution is 7.92. The average Bonchev–Trinajstić information content (AvgIpc) is 2.73. The SMILES string of the molecule is COc1ccc(S(=O)(=O)C2CCN(CCc3ccc(F)cc3)CC2)c(OC)c1. The van der Waals surface area contributed by atoms with Crippen LogP contribution in [0, 0.1) is 5.82 Å². The first kappa shape index (κ1) is 20.6. The van der Waals surface area contributed by atoms with Gasteiger partial charge < -0.3 is 14.4 Å². The van der Waals surface area contributed by atoms with Gasteiger partial charge in [-0.1, -0.05) is 12.1 Å². The topological polar surface area (TPSA) is 55.8 Å². The molecule has 0 bridgehead atoms. The van der Waals surface area contributed by atoms with Gasteiger partial charge in [-0.25, -0.2) is 12.8 Å². The number of hydrogen-bond donors (Lipinski definition) is 0. The lowest BCUT2D eigenvalue weighted by Gasteiger charge is -2.32. The molecular formula is C21H26FNO4S. The van der Waals surface area contributed by atoms with Gasteiger partial charge in [0.05, 0.1) is 19.5 Å². The fourth-order valence-electron chi connectivity index (χ4n) is 3.57. The zero-order valence-electron chi connectivity index (χ0n) is 16.2. The van der Waals surface area contributed by atoms with Crippen molar-refractivity contribution in [1.29, 1.82) is 0 Å². The Bertz CT molecular complexity index is 891. The van der Waals surface area contributed by atoms with E-state index in [1.807, 2.05) is 0 Å². The minimum atomic E-state index is -3.47. The van der Waals surface area contributed by atoms with Crippen LogP contribution in [0.5, 0.6) is 11.5 Å². The molecule has 28 heavy (non-hydrogen) atoms. The molecule has 0 spiro atoms. The third kappa shape index (κ3) is 4.64. The summed E-state index contributed by atoms with van der Waals surface area (Å²) in [6.07, 6.45) is 1.99. The monoisotopic (exact) mass is 407 g/mol. The summed E-state index contributed by atoms with van der Waals surface area (Å²) in [7, 11) is -0.477. The van der Waals surface area contributed by atoms with Crippen LogP contribution < -0.4 is 9.47 Å². The Morgan fingerprint density at radius 3 is 2.32 bits per heavy atom. The van der Waals surface area contributed by atoms with E-state index in [0.29, 0.717) is 24.3 Å². The maximum absolute atomic E-state index is 13.1. The molecule has 1 aliphatic heterocycles. The van der Waals surface area contributed by atoms with Crippen LogP contribution in [0.3, 0.4) is 0 Å². The minimum Gasteiger partial charge on any atom is -0.497 e. The number of methoxy groups -OCH3 is 2. The lowest BCUT2D eigenvalue weighted by Crippen LogP contribution is -2.40. The highest BCUT2D eigenvalue weighted by atomic mass is 32.2. The molecule has 0 atom stereocenters. The Labute approximate surface area is 166 Å². The van der Waals surface area contributed by atoms with Crippen molar-refractivity contribution in [3.05, 3.63) is 53.8 Å². The molecule has 1 saturated heterocycles. The molecule has 2 aromatic carbocycles. The zero-order valence-corrected chi connectivity index (χ0v) is 17.0. The van der Waals surface area contributed by atoms with Gasteiger partial charge in [-0.2, -0.15) is 0 Å². The van der Waals surface area contributed by atoms with Crippen LogP contribution in [0.2, 0.25) is 0 Å². The maximum atomic E-state index is 13.1. The summed E-state index contributed by atoms with van der Waals surface area (Å²) in [4.78, 5) is 2.49. The second-order valence-electron chi connectivity index (χ2n) is 6.98. The van der Waals surface area contributed by atoms with E-state index in [-0.39, 0.29) is 10.7 Å². The summed E-state index contributed by atoms with van der Waals surface area (Å²) >= 11 is 0. The molecule has 7 heteroatoms. The van der Waals surface area contributed by atoms with Crippen molar-refractivity contribution >= 4 is 9.84 Å². The van der Waals surface area contributed by atoms with Gasteiger partial charge in [0.1, 0.15) is 22.2 Å². The summed E-state index contributed by atoms with van der Waals surface area (Å²) in [5.41, 5.74) is 1.08. The largest absolute Gasteiger partial charge is 0.497 e. The van der Waals surface area contributed by atoms with Crippen LogP contribution >= 0.6 is 0 Å². The van der Waals surface area contributed by atoms with E-state index in [1.165, 1.54) is 26.4 Å². The van der Waals surface area contributed by atoms with E-state index in [0.717, 1.165) is 31.6 Å². The van der Waals surface area contributed by atoms with Crippen LogP contribution in [0.25, 0.3) is 0 Å². The van der Waals surface area contributed by atoms with Crippen molar-refractivity contribution in [2.24, 2.45) is 0 Å². The highest BCUT2D eigenvalue weighted by Gasteiger charge is 2.33. The Hall–Kier alpha value is -2.12. The number of ether oxygens (including phenoxy) is 2. The van der Waals surface area contributed by atoms with Crippen LogP contribution in [0.4, 0.5) is 4.39 Å². The van der Waals surface area contributed by atoms with E-state index in [9.17, 15) is 12.8 Å². The molecule has 152 valence electrons. The van der Waals surface area contributed by atoms with Crippen molar-refractivity contribution < 1.29 is 22.3 Å². The molecule has 0 aliphatic carbocycles. The number of nitrogens with zero attached hydrogens (tertiary/aromatic N) is 1. The summed E-state index contributed by atoms with van der Waals surface area (Å²) < 4.78 is 49.6. The smallest absolute Gasteiger partial charge is 0.184 e. The Balaban J connectivity index is 1.61. The zero-order chi connectivity index (χ0) is 20.1. The molecule has 1 fully saturated rings. The standard InChI is InChI=1S/C21H26FNO4S/c1-26-18-7-8-21(20(15-18)27-2)28(24,25)19-10-13-23(14-11-19)12-9-16-3-5-17(22)6-4-16/h3-8,15,19H,9-14H2,1-2H3. The summed E-state index contributed by atoms with van der Waals surface area (Å²) in [5, 5.41) is -0.420. The maximum Gasteiger partial charge on any atom is 0.184 e. The van der Waals surface area contributed by atoms with Crippen LogP contribution in [-0.4, -0.2) is 52.4 Å².